The molecule has 16 heteroatoms. The Morgan fingerprint density at radius 2 is 1.69 bits per heavy atom. The van der Waals surface area contributed by atoms with Crippen molar-refractivity contribution in [2.75, 3.05) is 30.3 Å². The van der Waals surface area contributed by atoms with Gasteiger partial charge in [0.2, 0.25) is 5.95 Å². The van der Waals surface area contributed by atoms with E-state index in [0.29, 0.717) is 4.90 Å². The van der Waals surface area contributed by atoms with Crippen LogP contribution in [0, 0.1) is 0 Å². The lowest BCUT2D eigenvalue weighted by Gasteiger charge is -2.41. The molecule has 1 fully saturated rings. The third-order valence-electron chi connectivity index (χ3n) is 5.39. The van der Waals surface area contributed by atoms with Crippen molar-refractivity contribution < 1.29 is 40.8 Å². The van der Waals surface area contributed by atoms with E-state index in [1.54, 1.807) is 10.4 Å². The standard InChI is InChI=1S/C19H22F6N6O3S/c1-11(32)6-13-10-30(35(34)14-2-3-15(26)27-9-14)4-5-31(13)16-28-7-12(8-29-16)17(33,18(20,21)22)19(23,24)25/h2-3,7-9,11,13,32-33H,4-6,10H2,1H3,(H2,26,27). The van der Waals surface area contributed by atoms with E-state index in [1.165, 1.54) is 24.1 Å². The van der Waals surface area contributed by atoms with Crippen LogP contribution in [0.25, 0.3) is 0 Å². The molecule has 0 amide bonds. The van der Waals surface area contributed by atoms with Gasteiger partial charge in [-0.3, -0.25) is 0 Å². The zero-order valence-electron chi connectivity index (χ0n) is 18.2. The van der Waals surface area contributed by atoms with Crippen LogP contribution in [0.1, 0.15) is 18.9 Å². The van der Waals surface area contributed by atoms with E-state index < -0.39 is 46.6 Å². The van der Waals surface area contributed by atoms with Crippen LogP contribution >= 0.6 is 0 Å². The summed E-state index contributed by atoms with van der Waals surface area (Å²) in [5.74, 6) is 0.0387. The minimum absolute atomic E-state index is 0.105. The van der Waals surface area contributed by atoms with Crippen LogP contribution in [0.5, 0.6) is 0 Å². The predicted octanol–water partition coefficient (Wildman–Crippen LogP) is 1.75. The van der Waals surface area contributed by atoms with Crippen LogP contribution in [0.3, 0.4) is 0 Å². The summed E-state index contributed by atoms with van der Waals surface area (Å²) in [7, 11) is -1.64. The van der Waals surface area contributed by atoms with E-state index in [2.05, 4.69) is 15.0 Å². The number of nitrogens with zero attached hydrogens (tertiary/aromatic N) is 5. The molecule has 3 atom stereocenters. The molecule has 3 heterocycles. The number of aromatic nitrogens is 3. The molecular formula is C19H22F6N6O3S. The molecular weight excluding hydrogens is 506 g/mol. The third kappa shape index (κ3) is 5.49. The summed E-state index contributed by atoms with van der Waals surface area (Å²) in [4.78, 5) is 13.1. The quantitative estimate of drug-likeness (QED) is 0.484. The van der Waals surface area contributed by atoms with Gasteiger partial charge in [-0.05, 0) is 25.5 Å². The molecule has 0 saturated carbocycles. The van der Waals surface area contributed by atoms with Crippen molar-refractivity contribution >= 4 is 22.8 Å². The van der Waals surface area contributed by atoms with Crippen molar-refractivity contribution in [1.29, 1.82) is 0 Å². The Morgan fingerprint density at radius 3 is 2.17 bits per heavy atom. The van der Waals surface area contributed by atoms with Gasteiger partial charge in [-0.2, -0.15) is 26.3 Å². The lowest BCUT2D eigenvalue weighted by atomic mass is 9.95. The fourth-order valence-corrected chi connectivity index (χ4v) is 4.81. The molecule has 9 nitrogen and oxygen atoms in total. The first kappa shape index (κ1) is 27.0. The van der Waals surface area contributed by atoms with Crippen LogP contribution in [0.2, 0.25) is 0 Å². The number of rotatable bonds is 6. The average Bonchev–Trinajstić information content (AvgIpc) is 2.77. The van der Waals surface area contributed by atoms with E-state index in [9.17, 15) is 40.8 Å². The second-order valence-corrected chi connectivity index (χ2v) is 9.45. The number of hydrogen-bond acceptors (Lipinski definition) is 8. The summed E-state index contributed by atoms with van der Waals surface area (Å²) >= 11 is 0. The second-order valence-electron chi connectivity index (χ2n) is 7.97. The zero-order chi connectivity index (χ0) is 26.2. The molecule has 35 heavy (non-hydrogen) atoms. The zero-order valence-corrected chi connectivity index (χ0v) is 19.0. The highest BCUT2D eigenvalue weighted by molar-refractivity contribution is 7.82. The van der Waals surface area contributed by atoms with E-state index in [-0.39, 0.29) is 50.2 Å². The van der Waals surface area contributed by atoms with Crippen molar-refractivity contribution in [1.82, 2.24) is 19.3 Å². The lowest BCUT2D eigenvalue weighted by molar-refractivity contribution is -0.376. The van der Waals surface area contributed by atoms with Crippen molar-refractivity contribution in [2.24, 2.45) is 0 Å². The highest BCUT2D eigenvalue weighted by Gasteiger charge is 2.71. The monoisotopic (exact) mass is 528 g/mol. The number of hydrogen-bond donors (Lipinski definition) is 3. The number of pyridine rings is 1. The molecule has 1 aliphatic rings. The summed E-state index contributed by atoms with van der Waals surface area (Å²) in [6.07, 6.45) is -10.9. The smallest absolute Gasteiger partial charge is 0.393 e. The Kier molecular flexibility index (Phi) is 7.59. The van der Waals surface area contributed by atoms with Gasteiger partial charge in [0.1, 0.15) is 16.8 Å². The van der Waals surface area contributed by atoms with Crippen molar-refractivity contribution in [2.45, 2.75) is 48.3 Å². The number of piperazine rings is 1. The number of halogens is 6. The molecule has 4 N–H and O–H groups in total. The first-order valence-electron chi connectivity index (χ1n) is 10.2. The predicted molar refractivity (Wildman–Crippen MR) is 112 cm³/mol. The molecule has 0 aromatic carbocycles. The molecule has 2 aromatic rings. The van der Waals surface area contributed by atoms with Crippen LogP contribution in [-0.2, 0) is 16.6 Å². The SMILES string of the molecule is CC(O)CC1CN(S(=O)c2ccc(N)nc2)CCN1c1ncc(C(O)(C(F)(F)F)C(F)(F)F)cn1. The number of aliphatic hydroxyl groups is 2. The number of nitrogens with two attached hydrogens (primary N) is 1. The minimum atomic E-state index is -6.06. The Hall–Kier alpha value is -2.56. The molecule has 3 unspecified atom stereocenters. The van der Waals surface area contributed by atoms with Gasteiger partial charge in [-0.25, -0.2) is 23.5 Å². The molecule has 194 valence electrons. The maximum atomic E-state index is 13.1. The molecule has 2 aromatic heterocycles. The first-order chi connectivity index (χ1) is 16.1. The van der Waals surface area contributed by atoms with Crippen LogP contribution in [-0.4, -0.2) is 77.8 Å². The van der Waals surface area contributed by atoms with Gasteiger partial charge in [0.15, 0.2) is 0 Å². The van der Waals surface area contributed by atoms with Crippen molar-refractivity contribution in [3.63, 3.8) is 0 Å². The molecule has 0 radical (unpaired) electrons. The van der Waals surface area contributed by atoms with Crippen molar-refractivity contribution in [3.8, 4) is 0 Å². The van der Waals surface area contributed by atoms with Gasteiger partial charge in [-0.15, -0.1) is 0 Å². The maximum Gasteiger partial charge on any atom is 0.430 e. The fourth-order valence-electron chi connectivity index (χ4n) is 3.62. The Labute approximate surface area is 198 Å². The Bertz CT molecular complexity index is 1020. The summed E-state index contributed by atoms with van der Waals surface area (Å²) in [6, 6.07) is 2.44. The number of anilines is 2. The summed E-state index contributed by atoms with van der Waals surface area (Å²) in [6.45, 7) is 1.89. The van der Waals surface area contributed by atoms with Gasteiger partial charge < -0.3 is 20.8 Å². The Balaban J connectivity index is 1.86. The van der Waals surface area contributed by atoms with E-state index in [0.717, 1.165) is 0 Å². The van der Waals surface area contributed by atoms with Crippen LogP contribution < -0.4 is 10.6 Å². The average molecular weight is 528 g/mol. The summed E-state index contributed by atoms with van der Waals surface area (Å²) in [5, 5.41) is 19.4. The molecule has 0 spiro atoms. The van der Waals surface area contributed by atoms with Gasteiger partial charge >= 0.3 is 12.4 Å². The number of alkyl halides is 6. The van der Waals surface area contributed by atoms with Crippen molar-refractivity contribution in [3.05, 3.63) is 36.3 Å². The van der Waals surface area contributed by atoms with E-state index >= 15 is 0 Å². The van der Waals surface area contributed by atoms with Gasteiger partial charge in [0, 0.05) is 49.8 Å². The van der Waals surface area contributed by atoms with E-state index in [1.807, 2.05) is 0 Å². The largest absolute Gasteiger partial charge is 0.430 e. The topological polar surface area (TPSA) is 129 Å². The second kappa shape index (κ2) is 9.83. The van der Waals surface area contributed by atoms with E-state index in [4.69, 9.17) is 5.73 Å². The molecule has 1 aliphatic heterocycles. The minimum Gasteiger partial charge on any atom is -0.393 e. The van der Waals surface area contributed by atoms with Gasteiger partial charge in [-0.1, -0.05) is 0 Å². The molecule has 0 bridgehead atoms. The Morgan fingerprint density at radius 1 is 1.09 bits per heavy atom. The highest BCUT2D eigenvalue weighted by Crippen LogP contribution is 2.49. The maximum absolute atomic E-state index is 13.1. The summed E-state index contributed by atoms with van der Waals surface area (Å²) in [5.41, 5.74) is -1.18. The molecule has 1 saturated heterocycles. The number of aliphatic hydroxyl groups excluding tert-OH is 1. The van der Waals surface area contributed by atoms with Crippen LogP contribution in [0.4, 0.5) is 38.1 Å². The molecule has 0 aliphatic carbocycles. The van der Waals surface area contributed by atoms with Gasteiger partial charge in [0.25, 0.3) is 5.60 Å². The van der Waals surface area contributed by atoms with Crippen LogP contribution in [0.15, 0.2) is 35.6 Å². The highest BCUT2D eigenvalue weighted by atomic mass is 32.2. The molecule has 3 rings (SSSR count). The third-order valence-corrected chi connectivity index (χ3v) is 6.83. The fraction of sp³-hybridized carbons (Fsp3) is 0.526. The normalized spacial score (nSPS) is 20.0. The number of nitrogen functional groups attached to an aromatic ring is 1. The summed E-state index contributed by atoms with van der Waals surface area (Å²) < 4.78 is 93.2. The first-order valence-corrected chi connectivity index (χ1v) is 11.3. The lowest BCUT2D eigenvalue weighted by Crippen LogP contribution is -2.55. The van der Waals surface area contributed by atoms with Gasteiger partial charge in [0.05, 0.1) is 11.0 Å².